The first-order valence-corrected chi connectivity index (χ1v) is 5.96. The molecule has 0 aliphatic rings. The van der Waals surface area contributed by atoms with Crippen LogP contribution in [0.4, 0.5) is 13.2 Å². The van der Waals surface area contributed by atoms with Crippen LogP contribution in [0.3, 0.4) is 0 Å². The third-order valence-electron chi connectivity index (χ3n) is 2.86. The van der Waals surface area contributed by atoms with Gasteiger partial charge in [-0.15, -0.1) is 13.2 Å². The second-order valence-corrected chi connectivity index (χ2v) is 4.41. The van der Waals surface area contributed by atoms with Crippen molar-refractivity contribution in [1.29, 1.82) is 0 Å². The van der Waals surface area contributed by atoms with Crippen LogP contribution < -0.4 is 4.74 Å². The molecule has 6 heteroatoms. The predicted molar refractivity (Wildman–Crippen MR) is 70.3 cm³/mol. The maximum Gasteiger partial charge on any atom is 0.573 e. The standard InChI is InChI=1S/C15H11F3O3/c1-9-5-6-12(21-15(16,17)18)8-13(9)10-3-2-4-11(7-10)14(19)20/h2-8H,1H3,(H,19,20). The minimum absolute atomic E-state index is 0.0639. The molecule has 0 amide bonds. The van der Waals surface area contributed by atoms with E-state index >= 15 is 0 Å². The number of benzene rings is 2. The Balaban J connectivity index is 2.45. The fraction of sp³-hybridized carbons (Fsp3) is 0.133. The topological polar surface area (TPSA) is 46.5 Å². The van der Waals surface area contributed by atoms with Crippen LogP contribution in [0, 0.1) is 6.92 Å². The summed E-state index contributed by atoms with van der Waals surface area (Å²) in [7, 11) is 0. The quantitative estimate of drug-likeness (QED) is 0.920. The van der Waals surface area contributed by atoms with Crippen molar-refractivity contribution in [3.63, 3.8) is 0 Å². The van der Waals surface area contributed by atoms with E-state index in [2.05, 4.69) is 4.74 Å². The van der Waals surface area contributed by atoms with Gasteiger partial charge in [-0.1, -0.05) is 18.2 Å². The van der Waals surface area contributed by atoms with Gasteiger partial charge in [-0.2, -0.15) is 0 Å². The second-order valence-electron chi connectivity index (χ2n) is 4.41. The molecule has 21 heavy (non-hydrogen) atoms. The molecule has 0 unspecified atom stereocenters. The molecule has 0 fully saturated rings. The summed E-state index contributed by atoms with van der Waals surface area (Å²) in [6.45, 7) is 1.72. The van der Waals surface area contributed by atoms with E-state index in [9.17, 15) is 18.0 Å². The molecular weight excluding hydrogens is 285 g/mol. The summed E-state index contributed by atoms with van der Waals surface area (Å²) in [5.74, 6) is -1.44. The van der Waals surface area contributed by atoms with Crippen LogP contribution in [0.15, 0.2) is 42.5 Å². The van der Waals surface area contributed by atoms with Crippen molar-refractivity contribution in [2.75, 3.05) is 0 Å². The van der Waals surface area contributed by atoms with Gasteiger partial charge >= 0.3 is 12.3 Å². The van der Waals surface area contributed by atoms with Gasteiger partial charge in [-0.25, -0.2) is 4.79 Å². The number of ether oxygens (including phenoxy) is 1. The summed E-state index contributed by atoms with van der Waals surface area (Å²) in [6, 6.07) is 9.93. The van der Waals surface area contributed by atoms with Crippen molar-refractivity contribution in [3.8, 4) is 16.9 Å². The minimum atomic E-state index is -4.77. The molecule has 0 spiro atoms. The molecule has 0 atom stereocenters. The molecule has 1 N–H and O–H groups in total. The van der Waals surface area contributed by atoms with Gasteiger partial charge in [-0.05, 0) is 47.9 Å². The summed E-state index contributed by atoms with van der Waals surface area (Å²) in [6.07, 6.45) is -4.77. The van der Waals surface area contributed by atoms with E-state index in [1.54, 1.807) is 13.0 Å². The molecule has 2 rings (SSSR count). The molecule has 3 nitrogen and oxygen atoms in total. The maximum absolute atomic E-state index is 12.2. The largest absolute Gasteiger partial charge is 0.573 e. The van der Waals surface area contributed by atoms with Gasteiger partial charge in [0.15, 0.2) is 0 Å². The van der Waals surface area contributed by atoms with Crippen molar-refractivity contribution in [2.45, 2.75) is 13.3 Å². The maximum atomic E-state index is 12.2. The van der Waals surface area contributed by atoms with Gasteiger partial charge in [0.25, 0.3) is 0 Å². The summed E-state index contributed by atoms with van der Waals surface area (Å²) >= 11 is 0. The fourth-order valence-electron chi connectivity index (χ4n) is 1.93. The Hall–Kier alpha value is -2.50. The zero-order valence-corrected chi connectivity index (χ0v) is 10.9. The highest BCUT2D eigenvalue weighted by atomic mass is 19.4. The van der Waals surface area contributed by atoms with Crippen LogP contribution in [0.25, 0.3) is 11.1 Å². The van der Waals surface area contributed by atoms with E-state index < -0.39 is 12.3 Å². The van der Waals surface area contributed by atoms with Gasteiger partial charge < -0.3 is 9.84 Å². The number of halogens is 3. The zero-order chi connectivity index (χ0) is 15.6. The van der Waals surface area contributed by atoms with Crippen molar-refractivity contribution in [1.82, 2.24) is 0 Å². The average Bonchev–Trinajstić information content (AvgIpc) is 2.39. The zero-order valence-electron chi connectivity index (χ0n) is 10.9. The van der Waals surface area contributed by atoms with E-state index in [0.717, 1.165) is 0 Å². The van der Waals surface area contributed by atoms with E-state index in [0.29, 0.717) is 16.7 Å². The lowest BCUT2D eigenvalue weighted by Crippen LogP contribution is -2.17. The number of hydrogen-bond donors (Lipinski definition) is 1. The molecule has 2 aromatic carbocycles. The van der Waals surface area contributed by atoms with Crippen LogP contribution in [0.5, 0.6) is 5.75 Å². The molecule has 0 heterocycles. The Kier molecular flexibility index (Phi) is 3.88. The molecule has 110 valence electrons. The van der Waals surface area contributed by atoms with Crippen LogP contribution in [0.1, 0.15) is 15.9 Å². The number of hydrogen-bond acceptors (Lipinski definition) is 2. The van der Waals surface area contributed by atoms with Crippen molar-refractivity contribution >= 4 is 5.97 Å². The SMILES string of the molecule is Cc1ccc(OC(F)(F)F)cc1-c1cccc(C(=O)O)c1. The van der Waals surface area contributed by atoms with Crippen molar-refractivity contribution in [3.05, 3.63) is 53.6 Å². The number of carbonyl (C=O) groups is 1. The Morgan fingerprint density at radius 2 is 1.86 bits per heavy atom. The molecule has 0 saturated carbocycles. The molecule has 0 aliphatic heterocycles. The van der Waals surface area contributed by atoms with E-state index in [4.69, 9.17) is 5.11 Å². The molecule has 0 saturated heterocycles. The number of alkyl halides is 3. The Morgan fingerprint density at radius 3 is 2.48 bits per heavy atom. The first kappa shape index (κ1) is 14.9. The lowest BCUT2D eigenvalue weighted by atomic mass is 9.98. The molecule has 0 aromatic heterocycles. The molecule has 2 aromatic rings. The highest BCUT2D eigenvalue weighted by Gasteiger charge is 2.31. The summed E-state index contributed by atoms with van der Waals surface area (Å²) in [5.41, 5.74) is 1.78. The number of aromatic carboxylic acids is 1. The smallest absolute Gasteiger partial charge is 0.478 e. The second kappa shape index (κ2) is 5.47. The number of rotatable bonds is 3. The van der Waals surface area contributed by atoms with Gasteiger partial charge in [0.2, 0.25) is 0 Å². The lowest BCUT2D eigenvalue weighted by Gasteiger charge is -2.12. The number of carboxylic acids is 1. The Labute approximate surface area is 118 Å². The lowest BCUT2D eigenvalue weighted by molar-refractivity contribution is -0.274. The first-order valence-electron chi connectivity index (χ1n) is 5.96. The van der Waals surface area contributed by atoms with Crippen molar-refractivity contribution in [2.24, 2.45) is 0 Å². The number of aryl methyl sites for hydroxylation is 1. The van der Waals surface area contributed by atoms with E-state index in [1.165, 1.54) is 36.4 Å². The molecule has 0 aliphatic carbocycles. The summed E-state index contributed by atoms with van der Waals surface area (Å²) in [4.78, 5) is 11.0. The molecule has 0 bridgehead atoms. The highest BCUT2D eigenvalue weighted by molar-refractivity contribution is 5.89. The third-order valence-corrected chi connectivity index (χ3v) is 2.86. The minimum Gasteiger partial charge on any atom is -0.478 e. The highest BCUT2D eigenvalue weighted by Crippen LogP contribution is 2.31. The van der Waals surface area contributed by atoms with Crippen LogP contribution in [-0.2, 0) is 0 Å². The van der Waals surface area contributed by atoms with Gasteiger partial charge in [0.1, 0.15) is 5.75 Å². The molecular formula is C15H11F3O3. The molecule has 0 radical (unpaired) electrons. The fourth-order valence-corrected chi connectivity index (χ4v) is 1.93. The Bertz CT molecular complexity index is 678. The van der Waals surface area contributed by atoms with Gasteiger partial charge in [0.05, 0.1) is 5.56 Å². The average molecular weight is 296 g/mol. The third kappa shape index (κ3) is 3.75. The first-order chi connectivity index (χ1) is 9.76. The number of carboxylic acid groups (broad SMARTS) is 1. The predicted octanol–water partition coefficient (Wildman–Crippen LogP) is 4.26. The van der Waals surface area contributed by atoms with Gasteiger partial charge in [-0.3, -0.25) is 0 Å². The normalized spacial score (nSPS) is 11.2. The van der Waals surface area contributed by atoms with Gasteiger partial charge in [0, 0.05) is 0 Å². The monoisotopic (exact) mass is 296 g/mol. The van der Waals surface area contributed by atoms with Crippen LogP contribution in [-0.4, -0.2) is 17.4 Å². The summed E-state index contributed by atoms with van der Waals surface area (Å²) < 4.78 is 40.6. The van der Waals surface area contributed by atoms with E-state index in [1.807, 2.05) is 0 Å². The van der Waals surface area contributed by atoms with E-state index in [-0.39, 0.29) is 11.3 Å². The summed E-state index contributed by atoms with van der Waals surface area (Å²) in [5, 5.41) is 8.96. The van der Waals surface area contributed by atoms with Crippen molar-refractivity contribution < 1.29 is 27.8 Å². The Morgan fingerprint density at radius 1 is 1.14 bits per heavy atom. The van der Waals surface area contributed by atoms with Crippen LogP contribution >= 0.6 is 0 Å². The van der Waals surface area contributed by atoms with Crippen LogP contribution in [0.2, 0.25) is 0 Å².